The number of para-hydroxylation sites is 1. The summed E-state index contributed by atoms with van der Waals surface area (Å²) in [4.78, 5) is 13.2. The predicted molar refractivity (Wildman–Crippen MR) is 163 cm³/mol. The Hall–Kier alpha value is -3.98. The van der Waals surface area contributed by atoms with Crippen LogP contribution in [-0.4, -0.2) is 31.4 Å². The van der Waals surface area contributed by atoms with Crippen LogP contribution in [0.25, 0.3) is 0 Å². The van der Waals surface area contributed by atoms with E-state index in [4.69, 9.17) is 16.3 Å². The standard InChI is InChI=1S/C32H32ClN3O4S/c1-23-17-24(2)32(25(3)18-23)41(38,39)36(20-26-13-15-29(33)16-14-26)21-31(37)35-34-19-28-11-7-8-12-30(28)40-22-27-9-5-4-6-10-27/h4-19H,20-22H2,1-3H3,(H,35,37)/b34-19+. The Balaban J connectivity index is 1.51. The Morgan fingerprint density at radius 2 is 1.54 bits per heavy atom. The lowest BCUT2D eigenvalue weighted by molar-refractivity contribution is -0.121. The van der Waals surface area contributed by atoms with Crippen molar-refractivity contribution in [2.24, 2.45) is 5.10 Å². The van der Waals surface area contributed by atoms with Gasteiger partial charge in [-0.1, -0.05) is 83.9 Å². The zero-order valence-electron chi connectivity index (χ0n) is 23.2. The fraction of sp³-hybridized carbons (Fsp3) is 0.188. The smallest absolute Gasteiger partial charge is 0.255 e. The van der Waals surface area contributed by atoms with Gasteiger partial charge in [0.1, 0.15) is 12.4 Å². The molecule has 0 aliphatic rings. The number of carbonyl (C=O) groups excluding carboxylic acids is 1. The lowest BCUT2D eigenvalue weighted by Gasteiger charge is -2.24. The first-order valence-corrected chi connectivity index (χ1v) is 14.9. The molecule has 1 amide bonds. The molecule has 7 nitrogen and oxygen atoms in total. The number of halogens is 1. The number of nitrogens with one attached hydrogen (secondary N) is 1. The minimum absolute atomic E-state index is 0.0143. The number of benzene rings is 4. The second-order valence-electron chi connectivity index (χ2n) is 9.73. The van der Waals surface area contributed by atoms with Crippen LogP contribution in [-0.2, 0) is 28.0 Å². The summed E-state index contributed by atoms with van der Waals surface area (Å²) < 4.78 is 34.9. The number of aryl methyl sites for hydroxylation is 3. The van der Waals surface area contributed by atoms with Crippen molar-refractivity contribution in [1.82, 2.24) is 9.73 Å². The molecule has 0 saturated heterocycles. The molecule has 0 aromatic heterocycles. The second-order valence-corrected chi connectivity index (χ2v) is 12.0. The lowest BCUT2D eigenvalue weighted by Crippen LogP contribution is -2.39. The van der Waals surface area contributed by atoms with Crippen molar-refractivity contribution < 1.29 is 17.9 Å². The van der Waals surface area contributed by atoms with Gasteiger partial charge in [-0.15, -0.1) is 0 Å². The van der Waals surface area contributed by atoms with E-state index in [-0.39, 0.29) is 11.4 Å². The summed E-state index contributed by atoms with van der Waals surface area (Å²) in [6.07, 6.45) is 1.48. The topological polar surface area (TPSA) is 88.1 Å². The van der Waals surface area contributed by atoms with Crippen LogP contribution >= 0.6 is 11.6 Å². The molecule has 0 unspecified atom stereocenters. The molecule has 0 saturated carbocycles. The number of amides is 1. The van der Waals surface area contributed by atoms with Gasteiger partial charge in [-0.25, -0.2) is 13.8 Å². The third-order valence-electron chi connectivity index (χ3n) is 6.34. The molecular formula is C32H32ClN3O4S. The third kappa shape index (κ3) is 8.04. The maximum atomic E-state index is 13.9. The first kappa shape index (κ1) is 30.0. The average Bonchev–Trinajstić information content (AvgIpc) is 2.93. The normalized spacial score (nSPS) is 11.6. The van der Waals surface area contributed by atoms with Gasteiger partial charge in [0, 0.05) is 17.1 Å². The SMILES string of the molecule is Cc1cc(C)c(S(=O)(=O)N(CC(=O)N/N=C/c2ccccc2OCc2ccccc2)Cc2ccc(Cl)cc2)c(C)c1. The Bertz CT molecular complexity index is 1620. The van der Waals surface area contributed by atoms with Gasteiger partial charge in [-0.2, -0.15) is 9.41 Å². The maximum absolute atomic E-state index is 13.9. The Kier molecular flexibility index (Phi) is 9.94. The van der Waals surface area contributed by atoms with Crippen LogP contribution in [0, 0.1) is 20.8 Å². The summed E-state index contributed by atoms with van der Waals surface area (Å²) in [6.45, 7) is 5.37. The van der Waals surface area contributed by atoms with E-state index >= 15 is 0 Å². The summed E-state index contributed by atoms with van der Waals surface area (Å²) in [7, 11) is -4.03. The van der Waals surface area contributed by atoms with Crippen LogP contribution in [0.1, 0.15) is 33.4 Å². The largest absolute Gasteiger partial charge is 0.488 e. The average molecular weight is 590 g/mol. The van der Waals surface area contributed by atoms with Gasteiger partial charge in [-0.05, 0) is 67.3 Å². The Morgan fingerprint density at radius 1 is 0.902 bits per heavy atom. The van der Waals surface area contributed by atoms with Gasteiger partial charge in [0.05, 0.1) is 17.7 Å². The van der Waals surface area contributed by atoms with Crippen molar-refractivity contribution in [2.45, 2.75) is 38.8 Å². The number of hydrogen-bond donors (Lipinski definition) is 1. The molecule has 0 heterocycles. The van der Waals surface area contributed by atoms with Gasteiger partial charge >= 0.3 is 0 Å². The molecule has 0 bridgehead atoms. The lowest BCUT2D eigenvalue weighted by atomic mass is 10.1. The highest BCUT2D eigenvalue weighted by molar-refractivity contribution is 7.89. The summed E-state index contributed by atoms with van der Waals surface area (Å²) in [5.41, 5.74) is 7.05. The van der Waals surface area contributed by atoms with Crippen LogP contribution in [0.5, 0.6) is 5.75 Å². The van der Waals surface area contributed by atoms with Crippen LogP contribution in [0.4, 0.5) is 0 Å². The molecular weight excluding hydrogens is 558 g/mol. The Labute approximate surface area is 246 Å². The molecule has 0 spiro atoms. The highest BCUT2D eigenvalue weighted by Gasteiger charge is 2.30. The molecule has 0 fully saturated rings. The highest BCUT2D eigenvalue weighted by atomic mass is 35.5. The predicted octanol–water partition coefficient (Wildman–Crippen LogP) is 6.19. The van der Waals surface area contributed by atoms with Crippen molar-refractivity contribution in [3.63, 3.8) is 0 Å². The van der Waals surface area contributed by atoms with E-state index in [1.54, 1.807) is 38.1 Å². The van der Waals surface area contributed by atoms with E-state index in [1.807, 2.05) is 73.7 Å². The second kappa shape index (κ2) is 13.6. The van der Waals surface area contributed by atoms with Crippen LogP contribution < -0.4 is 10.2 Å². The van der Waals surface area contributed by atoms with Gasteiger partial charge in [-0.3, -0.25) is 4.79 Å². The van der Waals surface area contributed by atoms with Gasteiger partial charge in [0.2, 0.25) is 10.0 Å². The van der Waals surface area contributed by atoms with Crippen LogP contribution in [0.3, 0.4) is 0 Å². The van der Waals surface area contributed by atoms with Crippen LogP contribution in [0.2, 0.25) is 5.02 Å². The van der Waals surface area contributed by atoms with Crippen molar-refractivity contribution in [1.29, 1.82) is 0 Å². The van der Waals surface area contributed by atoms with Crippen molar-refractivity contribution in [3.8, 4) is 5.75 Å². The molecule has 9 heteroatoms. The fourth-order valence-electron chi connectivity index (χ4n) is 4.55. The maximum Gasteiger partial charge on any atom is 0.255 e. The monoisotopic (exact) mass is 589 g/mol. The molecule has 0 atom stereocenters. The first-order valence-electron chi connectivity index (χ1n) is 13.0. The number of hydrogen-bond acceptors (Lipinski definition) is 5. The molecule has 4 aromatic carbocycles. The van der Waals surface area contributed by atoms with E-state index in [9.17, 15) is 13.2 Å². The first-order chi connectivity index (χ1) is 19.6. The minimum atomic E-state index is -4.03. The molecule has 1 N–H and O–H groups in total. The molecule has 212 valence electrons. The number of sulfonamides is 1. The van der Waals surface area contributed by atoms with Crippen molar-refractivity contribution in [3.05, 3.63) is 129 Å². The van der Waals surface area contributed by atoms with Gasteiger partial charge < -0.3 is 4.74 Å². The summed E-state index contributed by atoms with van der Waals surface area (Å²) in [5.74, 6) is 0.0236. The molecule has 0 radical (unpaired) electrons. The quantitative estimate of drug-likeness (QED) is 0.167. The minimum Gasteiger partial charge on any atom is -0.488 e. The molecule has 4 rings (SSSR count). The van der Waals surface area contributed by atoms with Crippen LogP contribution in [0.15, 0.2) is 101 Å². The van der Waals surface area contributed by atoms with E-state index < -0.39 is 22.5 Å². The molecule has 4 aromatic rings. The van der Waals surface area contributed by atoms with E-state index in [2.05, 4.69) is 10.5 Å². The van der Waals surface area contributed by atoms with Crippen molar-refractivity contribution in [2.75, 3.05) is 6.54 Å². The third-order valence-corrected chi connectivity index (χ3v) is 8.69. The number of hydrazone groups is 1. The van der Waals surface area contributed by atoms with E-state index in [0.717, 1.165) is 15.4 Å². The zero-order chi connectivity index (χ0) is 29.4. The number of carbonyl (C=O) groups is 1. The van der Waals surface area contributed by atoms with E-state index in [1.165, 1.54) is 6.21 Å². The number of ether oxygens (including phenoxy) is 1. The zero-order valence-corrected chi connectivity index (χ0v) is 24.7. The summed E-state index contributed by atoms with van der Waals surface area (Å²) >= 11 is 6.02. The fourth-order valence-corrected chi connectivity index (χ4v) is 6.47. The molecule has 0 aliphatic heterocycles. The van der Waals surface area contributed by atoms with Gasteiger partial charge in [0.15, 0.2) is 0 Å². The number of nitrogens with zero attached hydrogens (tertiary/aromatic N) is 2. The van der Waals surface area contributed by atoms with E-state index in [0.29, 0.717) is 39.6 Å². The van der Waals surface area contributed by atoms with Gasteiger partial charge in [0.25, 0.3) is 5.91 Å². The number of rotatable bonds is 11. The highest BCUT2D eigenvalue weighted by Crippen LogP contribution is 2.27. The summed E-state index contributed by atoms with van der Waals surface area (Å²) in [6, 6.07) is 27.6. The van der Waals surface area contributed by atoms with Crippen molar-refractivity contribution >= 4 is 33.7 Å². The Morgan fingerprint density at radius 3 is 2.22 bits per heavy atom. The molecule has 41 heavy (non-hydrogen) atoms. The summed E-state index contributed by atoms with van der Waals surface area (Å²) in [5, 5.41) is 4.62. The molecule has 0 aliphatic carbocycles.